The Kier molecular flexibility index (Phi) is 3.55. The van der Waals surface area contributed by atoms with E-state index in [4.69, 9.17) is 4.42 Å². The maximum Gasteiger partial charge on any atom is 0.336 e. The van der Waals surface area contributed by atoms with Crippen molar-refractivity contribution in [3.8, 4) is 0 Å². The normalized spacial score (nSPS) is 15.8. The zero-order valence-electron chi connectivity index (χ0n) is 14.6. The van der Waals surface area contributed by atoms with Crippen molar-refractivity contribution in [3.63, 3.8) is 0 Å². The summed E-state index contributed by atoms with van der Waals surface area (Å²) in [7, 11) is 0. The van der Waals surface area contributed by atoms with Gasteiger partial charge in [0.2, 0.25) is 0 Å². The Morgan fingerprint density at radius 3 is 2.54 bits per heavy atom. The molecule has 2 aromatic heterocycles. The van der Waals surface area contributed by atoms with Gasteiger partial charge in [0, 0.05) is 17.5 Å². The van der Waals surface area contributed by atoms with E-state index in [0.717, 1.165) is 67.2 Å². The molecule has 2 aliphatic carbocycles. The Morgan fingerprint density at radius 1 is 0.885 bits per heavy atom. The van der Waals surface area contributed by atoms with E-state index in [9.17, 15) is 9.59 Å². The third-order valence-corrected chi connectivity index (χ3v) is 5.64. The number of nitrogens with zero attached hydrogens (tertiary/aromatic N) is 2. The average Bonchev–Trinajstić information content (AvgIpc) is 3.08. The molecule has 3 aromatic rings. The fourth-order valence-electron chi connectivity index (χ4n) is 4.30. The zero-order valence-corrected chi connectivity index (χ0v) is 14.6. The quantitative estimate of drug-likeness (QED) is 0.668. The number of hydrogen-bond donors (Lipinski definition) is 0. The highest BCUT2D eigenvalue weighted by molar-refractivity contribution is 5.82. The van der Waals surface area contributed by atoms with E-state index >= 15 is 0 Å². The van der Waals surface area contributed by atoms with Gasteiger partial charge in [0.1, 0.15) is 5.58 Å². The van der Waals surface area contributed by atoms with Gasteiger partial charge in [-0.15, -0.1) is 0 Å². The molecule has 0 N–H and O–H groups in total. The molecule has 0 atom stereocenters. The first-order chi connectivity index (χ1) is 12.7. The van der Waals surface area contributed by atoms with Crippen LogP contribution in [0.4, 0.5) is 0 Å². The summed E-state index contributed by atoms with van der Waals surface area (Å²) in [6, 6.07) is 7.33. The molecule has 2 heterocycles. The molecule has 26 heavy (non-hydrogen) atoms. The molecule has 0 fully saturated rings. The second-order valence-electron chi connectivity index (χ2n) is 7.38. The lowest BCUT2D eigenvalue weighted by Crippen LogP contribution is -2.27. The standard InChI is InChI=1S/C21H20N2O3/c24-20-10-15-4-1-2-7-18(15)22-23(20)12-16-11-21(25)26-19-9-14-6-3-5-13(14)8-17(16)19/h8-11H,1-7,12H2. The van der Waals surface area contributed by atoms with Crippen molar-refractivity contribution in [2.75, 3.05) is 0 Å². The van der Waals surface area contributed by atoms with Crippen molar-refractivity contribution in [1.82, 2.24) is 9.78 Å². The summed E-state index contributed by atoms with van der Waals surface area (Å²) in [6.45, 7) is 0.299. The SMILES string of the molecule is O=c1cc(Cn2nc3c(cc2=O)CCCC3)c2cc3c(cc2o1)CCC3. The summed E-state index contributed by atoms with van der Waals surface area (Å²) in [6.07, 6.45) is 7.31. The van der Waals surface area contributed by atoms with E-state index in [2.05, 4.69) is 11.2 Å². The van der Waals surface area contributed by atoms with Gasteiger partial charge in [-0.25, -0.2) is 9.48 Å². The van der Waals surface area contributed by atoms with Crippen molar-refractivity contribution in [3.05, 3.63) is 73.0 Å². The summed E-state index contributed by atoms with van der Waals surface area (Å²) in [4.78, 5) is 24.5. The highest BCUT2D eigenvalue weighted by atomic mass is 16.4. The van der Waals surface area contributed by atoms with Crippen molar-refractivity contribution >= 4 is 11.0 Å². The summed E-state index contributed by atoms with van der Waals surface area (Å²) in [5.74, 6) is 0. The molecule has 5 nitrogen and oxygen atoms in total. The smallest absolute Gasteiger partial charge is 0.336 e. The fourth-order valence-corrected chi connectivity index (χ4v) is 4.30. The van der Waals surface area contributed by atoms with Gasteiger partial charge in [-0.3, -0.25) is 4.79 Å². The summed E-state index contributed by atoms with van der Waals surface area (Å²) >= 11 is 0. The first kappa shape index (κ1) is 15.6. The number of benzene rings is 1. The minimum absolute atomic E-state index is 0.104. The van der Waals surface area contributed by atoms with Crippen LogP contribution in [0.1, 0.15) is 47.2 Å². The van der Waals surface area contributed by atoms with Gasteiger partial charge in [-0.05, 0) is 79.3 Å². The molecular formula is C21H20N2O3. The molecule has 2 aliphatic rings. The van der Waals surface area contributed by atoms with Crippen LogP contribution in [0.15, 0.2) is 38.3 Å². The molecule has 0 amide bonds. The van der Waals surface area contributed by atoms with Crippen LogP contribution in [-0.2, 0) is 32.2 Å². The van der Waals surface area contributed by atoms with Crippen molar-refractivity contribution in [2.24, 2.45) is 0 Å². The molecule has 0 unspecified atom stereocenters. The average molecular weight is 348 g/mol. The van der Waals surface area contributed by atoms with Gasteiger partial charge in [0.05, 0.1) is 12.2 Å². The Labute approximate surface area is 150 Å². The van der Waals surface area contributed by atoms with Crippen LogP contribution >= 0.6 is 0 Å². The predicted molar refractivity (Wildman–Crippen MR) is 98.8 cm³/mol. The van der Waals surface area contributed by atoms with Crippen LogP contribution < -0.4 is 11.2 Å². The summed E-state index contributed by atoms with van der Waals surface area (Å²) < 4.78 is 6.91. The van der Waals surface area contributed by atoms with Crippen LogP contribution in [0.5, 0.6) is 0 Å². The number of hydrogen-bond acceptors (Lipinski definition) is 4. The topological polar surface area (TPSA) is 65.1 Å². The van der Waals surface area contributed by atoms with Gasteiger partial charge >= 0.3 is 5.63 Å². The van der Waals surface area contributed by atoms with E-state index in [1.54, 1.807) is 6.07 Å². The van der Waals surface area contributed by atoms with E-state index < -0.39 is 0 Å². The largest absolute Gasteiger partial charge is 0.423 e. The lowest BCUT2D eigenvalue weighted by Gasteiger charge is -2.16. The van der Waals surface area contributed by atoms with Crippen LogP contribution in [0.2, 0.25) is 0 Å². The van der Waals surface area contributed by atoms with E-state index in [0.29, 0.717) is 12.1 Å². The second-order valence-corrected chi connectivity index (χ2v) is 7.38. The number of aromatic nitrogens is 2. The molecular weight excluding hydrogens is 328 g/mol. The van der Waals surface area contributed by atoms with E-state index in [1.165, 1.54) is 21.9 Å². The third kappa shape index (κ3) is 2.59. The third-order valence-electron chi connectivity index (χ3n) is 5.64. The Morgan fingerprint density at radius 2 is 1.65 bits per heavy atom. The molecule has 0 bridgehead atoms. The molecule has 5 rings (SSSR count). The van der Waals surface area contributed by atoms with Gasteiger partial charge in [-0.1, -0.05) is 0 Å². The fraction of sp³-hybridized carbons (Fsp3) is 0.381. The number of rotatable bonds is 2. The van der Waals surface area contributed by atoms with Gasteiger partial charge in [-0.2, -0.15) is 5.10 Å². The van der Waals surface area contributed by atoms with E-state index in [1.807, 2.05) is 6.07 Å². The molecule has 0 saturated heterocycles. The lowest BCUT2D eigenvalue weighted by atomic mass is 9.97. The first-order valence-corrected chi connectivity index (χ1v) is 9.36. The van der Waals surface area contributed by atoms with Crippen molar-refractivity contribution < 1.29 is 4.42 Å². The predicted octanol–water partition coefficient (Wildman–Crippen LogP) is 2.77. The number of aryl methyl sites for hydroxylation is 4. The molecule has 1 aromatic carbocycles. The lowest BCUT2D eigenvalue weighted by molar-refractivity contribution is 0.549. The monoisotopic (exact) mass is 348 g/mol. The minimum Gasteiger partial charge on any atom is -0.423 e. The first-order valence-electron chi connectivity index (χ1n) is 9.36. The van der Waals surface area contributed by atoms with Gasteiger partial charge in [0.25, 0.3) is 5.56 Å². The summed E-state index contributed by atoms with van der Waals surface area (Å²) in [5, 5.41) is 5.50. The number of fused-ring (bicyclic) bond motifs is 3. The summed E-state index contributed by atoms with van der Waals surface area (Å²) in [5.41, 5.74) is 5.61. The highest BCUT2D eigenvalue weighted by Gasteiger charge is 2.17. The van der Waals surface area contributed by atoms with Crippen molar-refractivity contribution in [1.29, 1.82) is 0 Å². The maximum atomic E-state index is 12.5. The second kappa shape index (κ2) is 5.94. The van der Waals surface area contributed by atoms with E-state index in [-0.39, 0.29) is 11.2 Å². The maximum absolute atomic E-state index is 12.5. The van der Waals surface area contributed by atoms with Crippen LogP contribution in [-0.4, -0.2) is 9.78 Å². The molecule has 0 aliphatic heterocycles. The minimum atomic E-state index is -0.378. The van der Waals surface area contributed by atoms with Gasteiger partial charge in [0.15, 0.2) is 0 Å². The Hall–Kier alpha value is -2.69. The highest BCUT2D eigenvalue weighted by Crippen LogP contribution is 2.28. The molecule has 0 saturated carbocycles. The Bertz CT molecular complexity index is 1140. The van der Waals surface area contributed by atoms with Crippen LogP contribution in [0, 0.1) is 0 Å². The molecule has 132 valence electrons. The molecule has 0 radical (unpaired) electrons. The van der Waals surface area contributed by atoms with Crippen LogP contribution in [0.3, 0.4) is 0 Å². The Balaban J connectivity index is 1.64. The van der Waals surface area contributed by atoms with Gasteiger partial charge < -0.3 is 4.42 Å². The molecule has 5 heteroatoms. The van der Waals surface area contributed by atoms with Crippen LogP contribution in [0.25, 0.3) is 11.0 Å². The molecule has 0 spiro atoms. The zero-order chi connectivity index (χ0) is 17.7. The van der Waals surface area contributed by atoms with Crippen molar-refractivity contribution in [2.45, 2.75) is 51.5 Å².